The van der Waals surface area contributed by atoms with Crippen molar-refractivity contribution in [2.45, 2.75) is 26.7 Å². The first-order chi connectivity index (χ1) is 8.85. The summed E-state index contributed by atoms with van der Waals surface area (Å²) in [5, 5.41) is 20.5. The molecular formula is C14H20FNO3. The highest BCUT2D eigenvalue weighted by Gasteiger charge is 2.20. The molecule has 0 radical (unpaired) electrons. The third-order valence-corrected chi connectivity index (χ3v) is 2.94. The van der Waals surface area contributed by atoms with Crippen LogP contribution in [0, 0.1) is 11.2 Å². The van der Waals surface area contributed by atoms with Crippen LogP contribution in [0.5, 0.6) is 5.75 Å². The maximum atomic E-state index is 13.5. The summed E-state index contributed by atoms with van der Waals surface area (Å²) >= 11 is 0. The number of nitrogens with one attached hydrogen (secondary N) is 1. The molecule has 0 bridgehead atoms. The molecular weight excluding hydrogens is 249 g/mol. The Balaban J connectivity index is 2.60. The van der Waals surface area contributed by atoms with E-state index in [1.807, 2.05) is 13.8 Å². The van der Waals surface area contributed by atoms with E-state index in [1.54, 1.807) is 0 Å². The van der Waals surface area contributed by atoms with Crippen molar-refractivity contribution < 1.29 is 19.4 Å². The number of benzene rings is 1. The molecule has 0 fully saturated rings. The minimum absolute atomic E-state index is 0.0873. The molecule has 106 valence electrons. The van der Waals surface area contributed by atoms with E-state index >= 15 is 0 Å². The number of aliphatic hydroxyl groups is 1. The van der Waals surface area contributed by atoms with E-state index in [-0.39, 0.29) is 23.3 Å². The Labute approximate surface area is 112 Å². The summed E-state index contributed by atoms with van der Waals surface area (Å²) in [5.41, 5.74) is -0.248. The number of carbonyl (C=O) groups excluding carboxylic acids is 1. The lowest BCUT2D eigenvalue weighted by atomic mass is 9.88. The van der Waals surface area contributed by atoms with Gasteiger partial charge in [0.2, 0.25) is 0 Å². The van der Waals surface area contributed by atoms with E-state index in [0.29, 0.717) is 13.0 Å². The largest absolute Gasteiger partial charge is 0.508 e. The quantitative estimate of drug-likeness (QED) is 0.740. The summed E-state index contributed by atoms with van der Waals surface area (Å²) in [4.78, 5) is 11.8. The van der Waals surface area contributed by atoms with E-state index in [2.05, 4.69) is 5.32 Å². The molecule has 0 aromatic heterocycles. The van der Waals surface area contributed by atoms with Crippen LogP contribution in [-0.4, -0.2) is 29.3 Å². The molecule has 0 atom stereocenters. The normalized spacial score (nSPS) is 11.4. The third kappa shape index (κ3) is 4.87. The van der Waals surface area contributed by atoms with E-state index in [0.717, 1.165) is 12.5 Å². The molecule has 1 amide bonds. The number of carbonyl (C=O) groups is 1. The zero-order chi connectivity index (χ0) is 14.5. The Hall–Kier alpha value is -1.62. The molecule has 5 heteroatoms. The first-order valence-corrected chi connectivity index (χ1v) is 6.23. The first kappa shape index (κ1) is 15.4. The van der Waals surface area contributed by atoms with Crippen molar-refractivity contribution in [2.75, 3.05) is 13.2 Å². The van der Waals surface area contributed by atoms with Crippen LogP contribution in [0.3, 0.4) is 0 Å². The average Bonchev–Trinajstić information content (AvgIpc) is 2.34. The Morgan fingerprint density at radius 3 is 2.68 bits per heavy atom. The van der Waals surface area contributed by atoms with Gasteiger partial charge in [0.15, 0.2) is 0 Å². The first-order valence-electron chi connectivity index (χ1n) is 6.23. The molecule has 0 saturated carbocycles. The minimum Gasteiger partial charge on any atom is -0.508 e. The predicted octanol–water partition coefficient (Wildman–Crippen LogP) is 2.06. The van der Waals surface area contributed by atoms with Crippen molar-refractivity contribution in [3.8, 4) is 5.75 Å². The van der Waals surface area contributed by atoms with Crippen LogP contribution < -0.4 is 5.32 Å². The van der Waals surface area contributed by atoms with Gasteiger partial charge in [0.1, 0.15) is 11.6 Å². The Morgan fingerprint density at radius 1 is 1.42 bits per heavy atom. The van der Waals surface area contributed by atoms with Gasteiger partial charge in [0, 0.05) is 19.2 Å². The summed E-state index contributed by atoms with van der Waals surface area (Å²) < 4.78 is 13.5. The standard InChI is InChI=1S/C14H20FNO3/c1-14(2,6-3-7-17)9-16-13(19)11-5-4-10(18)8-12(11)15/h4-5,8,17-18H,3,6-7,9H2,1-2H3,(H,16,19). The molecule has 0 heterocycles. The minimum atomic E-state index is -0.745. The van der Waals surface area contributed by atoms with Gasteiger partial charge in [-0.25, -0.2) is 4.39 Å². The second-order valence-electron chi connectivity index (χ2n) is 5.34. The van der Waals surface area contributed by atoms with Crippen molar-refractivity contribution in [3.63, 3.8) is 0 Å². The van der Waals surface area contributed by atoms with Crippen LogP contribution in [0.4, 0.5) is 4.39 Å². The summed E-state index contributed by atoms with van der Waals surface area (Å²) in [6, 6.07) is 3.43. The van der Waals surface area contributed by atoms with Crippen LogP contribution in [-0.2, 0) is 0 Å². The molecule has 1 rings (SSSR count). The molecule has 0 saturated heterocycles. The fraction of sp³-hybridized carbons (Fsp3) is 0.500. The van der Waals surface area contributed by atoms with Crippen molar-refractivity contribution in [1.29, 1.82) is 0 Å². The fourth-order valence-corrected chi connectivity index (χ4v) is 1.75. The van der Waals surface area contributed by atoms with Crippen LogP contribution in [0.1, 0.15) is 37.0 Å². The van der Waals surface area contributed by atoms with Gasteiger partial charge in [0.25, 0.3) is 5.91 Å². The van der Waals surface area contributed by atoms with E-state index < -0.39 is 11.7 Å². The number of aromatic hydroxyl groups is 1. The topological polar surface area (TPSA) is 69.6 Å². The molecule has 0 unspecified atom stereocenters. The lowest BCUT2D eigenvalue weighted by Gasteiger charge is -2.24. The van der Waals surface area contributed by atoms with Gasteiger partial charge < -0.3 is 15.5 Å². The van der Waals surface area contributed by atoms with Gasteiger partial charge in [0.05, 0.1) is 5.56 Å². The number of hydrogen-bond acceptors (Lipinski definition) is 3. The van der Waals surface area contributed by atoms with Gasteiger partial charge in [-0.2, -0.15) is 0 Å². The molecule has 4 nitrogen and oxygen atoms in total. The SMILES string of the molecule is CC(C)(CCCO)CNC(=O)c1ccc(O)cc1F. The van der Waals surface area contributed by atoms with Crippen molar-refractivity contribution in [1.82, 2.24) is 5.32 Å². The number of phenols is 1. The van der Waals surface area contributed by atoms with Crippen molar-refractivity contribution in [2.24, 2.45) is 5.41 Å². The molecule has 0 spiro atoms. The van der Waals surface area contributed by atoms with Crippen LogP contribution in [0.15, 0.2) is 18.2 Å². The van der Waals surface area contributed by atoms with Crippen LogP contribution >= 0.6 is 0 Å². The van der Waals surface area contributed by atoms with E-state index in [9.17, 15) is 9.18 Å². The summed E-state index contributed by atoms with van der Waals surface area (Å²) in [7, 11) is 0. The highest BCUT2D eigenvalue weighted by atomic mass is 19.1. The summed E-state index contributed by atoms with van der Waals surface area (Å²) in [5.74, 6) is -1.46. The zero-order valence-corrected chi connectivity index (χ0v) is 11.2. The number of hydrogen-bond donors (Lipinski definition) is 3. The Kier molecular flexibility index (Phi) is 5.30. The molecule has 0 aliphatic heterocycles. The van der Waals surface area contributed by atoms with Crippen LogP contribution in [0.2, 0.25) is 0 Å². The molecule has 19 heavy (non-hydrogen) atoms. The van der Waals surface area contributed by atoms with E-state index in [4.69, 9.17) is 10.2 Å². The fourth-order valence-electron chi connectivity index (χ4n) is 1.75. The van der Waals surface area contributed by atoms with Crippen molar-refractivity contribution >= 4 is 5.91 Å². The lowest BCUT2D eigenvalue weighted by molar-refractivity contribution is 0.0929. The maximum absolute atomic E-state index is 13.5. The second kappa shape index (κ2) is 6.52. The monoisotopic (exact) mass is 269 g/mol. The van der Waals surface area contributed by atoms with Gasteiger partial charge in [-0.1, -0.05) is 13.8 Å². The zero-order valence-electron chi connectivity index (χ0n) is 11.2. The van der Waals surface area contributed by atoms with Gasteiger partial charge in [-0.05, 0) is 30.4 Å². The highest BCUT2D eigenvalue weighted by molar-refractivity contribution is 5.94. The predicted molar refractivity (Wildman–Crippen MR) is 70.5 cm³/mol. The average molecular weight is 269 g/mol. The summed E-state index contributed by atoms with van der Waals surface area (Å²) in [6.07, 6.45) is 1.43. The second-order valence-corrected chi connectivity index (χ2v) is 5.34. The number of phenolic OH excluding ortho intramolecular Hbond substituents is 1. The number of amides is 1. The number of halogens is 1. The van der Waals surface area contributed by atoms with Crippen LogP contribution in [0.25, 0.3) is 0 Å². The third-order valence-electron chi connectivity index (χ3n) is 2.94. The maximum Gasteiger partial charge on any atom is 0.254 e. The molecule has 0 aliphatic carbocycles. The summed E-state index contributed by atoms with van der Waals surface area (Å²) in [6.45, 7) is 4.45. The Morgan fingerprint density at radius 2 is 2.11 bits per heavy atom. The molecule has 1 aromatic rings. The smallest absolute Gasteiger partial charge is 0.254 e. The number of aliphatic hydroxyl groups excluding tert-OH is 1. The molecule has 3 N–H and O–H groups in total. The van der Waals surface area contributed by atoms with Crippen molar-refractivity contribution in [3.05, 3.63) is 29.6 Å². The van der Waals surface area contributed by atoms with Gasteiger partial charge in [-0.15, -0.1) is 0 Å². The molecule has 0 aliphatic rings. The van der Waals surface area contributed by atoms with Gasteiger partial charge >= 0.3 is 0 Å². The Bertz CT molecular complexity index is 446. The molecule has 1 aromatic carbocycles. The number of rotatable bonds is 6. The highest BCUT2D eigenvalue weighted by Crippen LogP contribution is 2.21. The van der Waals surface area contributed by atoms with E-state index in [1.165, 1.54) is 12.1 Å². The van der Waals surface area contributed by atoms with Gasteiger partial charge in [-0.3, -0.25) is 4.79 Å². The lowest BCUT2D eigenvalue weighted by Crippen LogP contribution is -2.34.